The molecule has 25 heavy (non-hydrogen) atoms. The Morgan fingerprint density at radius 3 is 2.60 bits per heavy atom. The first-order chi connectivity index (χ1) is 12.2. The van der Waals surface area contributed by atoms with Crippen LogP contribution in [0, 0.1) is 5.82 Å². The number of anilines is 3. The van der Waals surface area contributed by atoms with Gasteiger partial charge in [-0.1, -0.05) is 0 Å². The quantitative estimate of drug-likeness (QED) is 0.633. The molecule has 128 valence electrons. The monoisotopic (exact) mass is 340 g/mol. The van der Waals surface area contributed by atoms with Gasteiger partial charge in [-0.3, -0.25) is 5.10 Å². The van der Waals surface area contributed by atoms with Crippen LogP contribution >= 0.6 is 0 Å². The minimum absolute atomic E-state index is 0.227. The fraction of sp³-hybridized carbons (Fsp3) is 0.312. The van der Waals surface area contributed by atoms with Gasteiger partial charge in [0, 0.05) is 23.7 Å². The summed E-state index contributed by atoms with van der Waals surface area (Å²) in [6.07, 6.45) is 6.17. The van der Waals surface area contributed by atoms with E-state index in [1.165, 1.54) is 19.2 Å². The van der Waals surface area contributed by atoms with Crippen molar-refractivity contribution >= 4 is 17.5 Å². The normalized spacial score (nSPS) is 15.0. The molecule has 0 spiro atoms. The Morgan fingerprint density at radius 1 is 1.08 bits per heavy atom. The lowest BCUT2D eigenvalue weighted by Crippen LogP contribution is -2.12. The maximum Gasteiger partial charge on any atom is 0.159 e. The first kappa shape index (κ1) is 15.4. The Hall–Kier alpha value is -3.10. The molecule has 0 bridgehead atoms. The fourth-order valence-electron chi connectivity index (χ4n) is 2.47. The second-order valence-electron chi connectivity index (χ2n) is 6.02. The van der Waals surface area contributed by atoms with Crippen molar-refractivity contribution in [1.82, 2.24) is 30.1 Å². The van der Waals surface area contributed by atoms with Crippen molar-refractivity contribution in [1.29, 1.82) is 0 Å². The van der Waals surface area contributed by atoms with Gasteiger partial charge in [-0.15, -0.1) is 0 Å². The molecule has 8 nitrogen and oxygen atoms in total. The summed E-state index contributed by atoms with van der Waals surface area (Å²) in [5, 5.41) is 13.6. The van der Waals surface area contributed by atoms with Gasteiger partial charge in [-0.25, -0.2) is 24.3 Å². The summed E-state index contributed by atoms with van der Waals surface area (Å²) in [6.45, 7) is 1.87. The highest BCUT2D eigenvalue weighted by Crippen LogP contribution is 2.39. The first-order valence-electron chi connectivity index (χ1n) is 8.06. The summed E-state index contributed by atoms with van der Waals surface area (Å²) in [5.74, 6) is 2.59. The predicted molar refractivity (Wildman–Crippen MR) is 89.9 cm³/mol. The van der Waals surface area contributed by atoms with Crippen molar-refractivity contribution in [2.24, 2.45) is 0 Å². The van der Waals surface area contributed by atoms with Gasteiger partial charge in [0.05, 0.1) is 18.4 Å². The van der Waals surface area contributed by atoms with E-state index >= 15 is 0 Å². The van der Waals surface area contributed by atoms with Gasteiger partial charge in [-0.2, -0.15) is 5.10 Å². The molecule has 4 rings (SSSR count). The maximum absolute atomic E-state index is 12.9. The summed E-state index contributed by atoms with van der Waals surface area (Å²) in [5.41, 5.74) is 1.15. The van der Waals surface area contributed by atoms with E-state index in [9.17, 15) is 4.39 Å². The summed E-state index contributed by atoms with van der Waals surface area (Å²) in [6, 6.07) is 3.54. The molecule has 1 aliphatic rings. The Kier molecular flexibility index (Phi) is 3.96. The van der Waals surface area contributed by atoms with Crippen LogP contribution in [-0.4, -0.2) is 30.1 Å². The van der Waals surface area contributed by atoms with Crippen molar-refractivity contribution in [2.45, 2.75) is 31.7 Å². The largest absolute Gasteiger partial charge is 0.360 e. The van der Waals surface area contributed by atoms with Crippen molar-refractivity contribution in [3.63, 3.8) is 0 Å². The van der Waals surface area contributed by atoms with E-state index in [0.29, 0.717) is 23.4 Å². The lowest BCUT2D eigenvalue weighted by atomic mass is 10.3. The van der Waals surface area contributed by atoms with E-state index in [0.717, 1.165) is 23.9 Å². The Balaban J connectivity index is 1.44. The van der Waals surface area contributed by atoms with Gasteiger partial charge < -0.3 is 10.6 Å². The van der Waals surface area contributed by atoms with Crippen LogP contribution in [0.2, 0.25) is 0 Å². The van der Waals surface area contributed by atoms with Gasteiger partial charge in [-0.05, 0) is 19.8 Å². The van der Waals surface area contributed by atoms with Crippen LogP contribution in [0.3, 0.4) is 0 Å². The molecule has 1 atom stereocenters. The van der Waals surface area contributed by atoms with Gasteiger partial charge in [0.1, 0.15) is 23.8 Å². The molecule has 0 amide bonds. The lowest BCUT2D eigenvalue weighted by Gasteiger charge is -2.13. The van der Waals surface area contributed by atoms with E-state index in [1.807, 2.05) is 13.0 Å². The zero-order chi connectivity index (χ0) is 17.2. The first-order valence-corrected chi connectivity index (χ1v) is 8.06. The highest BCUT2D eigenvalue weighted by molar-refractivity contribution is 5.56. The number of aromatic nitrogens is 6. The third kappa shape index (κ3) is 3.70. The minimum Gasteiger partial charge on any atom is -0.360 e. The van der Waals surface area contributed by atoms with E-state index in [2.05, 4.69) is 40.8 Å². The minimum atomic E-state index is -0.464. The third-order valence-corrected chi connectivity index (χ3v) is 3.93. The van der Waals surface area contributed by atoms with E-state index < -0.39 is 5.82 Å². The second-order valence-corrected chi connectivity index (χ2v) is 6.02. The van der Waals surface area contributed by atoms with Crippen molar-refractivity contribution in [2.75, 3.05) is 10.6 Å². The second kappa shape index (κ2) is 6.42. The standard InChI is InChI=1S/C16H17FN8/c1-9(16-18-6-11(17)7-19-16)22-13-5-14(21-8-20-13)23-15-4-12(24-25-15)10-2-3-10/h4-10H,2-3H2,1H3,(H3,20,21,22,23,24,25). The Morgan fingerprint density at radius 2 is 1.84 bits per heavy atom. The molecule has 0 aromatic carbocycles. The van der Waals surface area contributed by atoms with Crippen molar-refractivity contribution < 1.29 is 4.39 Å². The molecular weight excluding hydrogens is 323 g/mol. The molecule has 3 aromatic heterocycles. The molecule has 1 fully saturated rings. The lowest BCUT2D eigenvalue weighted by molar-refractivity contribution is 0.604. The van der Waals surface area contributed by atoms with Gasteiger partial charge in [0.25, 0.3) is 0 Å². The average molecular weight is 340 g/mol. The number of halogens is 1. The topological polar surface area (TPSA) is 104 Å². The van der Waals surface area contributed by atoms with Crippen molar-refractivity contribution in [3.8, 4) is 0 Å². The number of aromatic amines is 1. The zero-order valence-corrected chi connectivity index (χ0v) is 13.6. The van der Waals surface area contributed by atoms with Crippen LogP contribution in [0.15, 0.2) is 30.9 Å². The van der Waals surface area contributed by atoms with E-state index in [-0.39, 0.29) is 6.04 Å². The molecule has 0 radical (unpaired) electrons. The van der Waals surface area contributed by atoms with E-state index in [1.54, 1.807) is 6.07 Å². The number of nitrogens with zero attached hydrogens (tertiary/aromatic N) is 5. The molecule has 0 aliphatic heterocycles. The summed E-state index contributed by atoms with van der Waals surface area (Å²) < 4.78 is 12.9. The van der Waals surface area contributed by atoms with Crippen LogP contribution < -0.4 is 10.6 Å². The van der Waals surface area contributed by atoms with Gasteiger partial charge in [0.2, 0.25) is 0 Å². The van der Waals surface area contributed by atoms with Gasteiger partial charge in [0.15, 0.2) is 11.6 Å². The number of H-pyrrole nitrogens is 1. The summed E-state index contributed by atoms with van der Waals surface area (Å²) >= 11 is 0. The molecule has 1 aliphatic carbocycles. The molecule has 3 N–H and O–H groups in total. The van der Waals surface area contributed by atoms with Crippen LogP contribution in [0.4, 0.5) is 21.8 Å². The number of rotatable bonds is 6. The summed E-state index contributed by atoms with van der Waals surface area (Å²) in [4.78, 5) is 16.3. The Labute approximate surface area is 143 Å². The van der Waals surface area contributed by atoms with Crippen LogP contribution in [0.5, 0.6) is 0 Å². The van der Waals surface area contributed by atoms with Crippen molar-refractivity contribution in [3.05, 3.63) is 48.2 Å². The third-order valence-electron chi connectivity index (χ3n) is 3.93. The smallest absolute Gasteiger partial charge is 0.159 e. The number of hydrogen-bond donors (Lipinski definition) is 3. The highest BCUT2D eigenvalue weighted by Gasteiger charge is 2.25. The van der Waals surface area contributed by atoms with Crippen LogP contribution in [0.25, 0.3) is 0 Å². The van der Waals surface area contributed by atoms with Crippen LogP contribution in [0.1, 0.15) is 43.2 Å². The average Bonchev–Trinajstić information content (AvgIpc) is 3.36. The zero-order valence-electron chi connectivity index (χ0n) is 13.6. The number of nitrogens with one attached hydrogen (secondary N) is 3. The van der Waals surface area contributed by atoms with Crippen LogP contribution in [-0.2, 0) is 0 Å². The predicted octanol–water partition coefficient (Wildman–Crippen LogP) is 2.92. The molecule has 1 saturated carbocycles. The molecule has 0 saturated heterocycles. The number of hydrogen-bond acceptors (Lipinski definition) is 7. The Bertz CT molecular complexity index is 859. The van der Waals surface area contributed by atoms with Gasteiger partial charge >= 0.3 is 0 Å². The fourth-order valence-corrected chi connectivity index (χ4v) is 2.47. The molecular formula is C16H17FN8. The molecule has 3 heterocycles. The summed E-state index contributed by atoms with van der Waals surface area (Å²) in [7, 11) is 0. The molecule has 1 unspecified atom stereocenters. The SMILES string of the molecule is CC(Nc1cc(Nc2cc(C3CC3)[nH]n2)ncn1)c1ncc(F)cn1. The molecule has 9 heteroatoms. The molecule has 3 aromatic rings. The highest BCUT2D eigenvalue weighted by atomic mass is 19.1. The van der Waals surface area contributed by atoms with E-state index in [4.69, 9.17) is 0 Å². The maximum atomic E-state index is 12.9.